The average Bonchev–Trinajstić information content (AvgIpc) is 2.18. The molecule has 70 valence electrons. The van der Waals surface area contributed by atoms with Crippen LogP contribution in [0.5, 0.6) is 11.5 Å². The molecule has 0 saturated carbocycles. The Morgan fingerprint density at radius 3 is 3.15 bits per heavy atom. The van der Waals surface area contributed by atoms with Gasteiger partial charge in [0.15, 0.2) is 17.3 Å². The Bertz CT molecular complexity index is 316. The highest BCUT2D eigenvalue weighted by atomic mass is 79.9. The number of alkyl halides is 1. The van der Waals surface area contributed by atoms with Crippen LogP contribution in [-0.4, -0.2) is 18.0 Å². The van der Waals surface area contributed by atoms with Crippen LogP contribution >= 0.6 is 15.9 Å². The molecule has 1 aromatic carbocycles. The largest absolute Gasteiger partial charge is 0.486 e. The summed E-state index contributed by atoms with van der Waals surface area (Å²) in [6.07, 6.45) is -0.107. The lowest BCUT2D eigenvalue weighted by Crippen LogP contribution is -2.30. The van der Waals surface area contributed by atoms with Gasteiger partial charge in [0, 0.05) is 5.33 Å². The zero-order valence-electron chi connectivity index (χ0n) is 6.80. The van der Waals surface area contributed by atoms with Gasteiger partial charge in [-0.2, -0.15) is 0 Å². The Morgan fingerprint density at radius 1 is 1.54 bits per heavy atom. The van der Waals surface area contributed by atoms with Crippen LogP contribution in [-0.2, 0) is 0 Å². The van der Waals surface area contributed by atoms with Crippen molar-refractivity contribution in [2.75, 3.05) is 11.9 Å². The van der Waals surface area contributed by atoms with E-state index in [-0.39, 0.29) is 17.7 Å². The first-order valence-corrected chi connectivity index (χ1v) is 5.07. The summed E-state index contributed by atoms with van der Waals surface area (Å²) in [5, 5.41) is 0.640. The number of benzene rings is 1. The molecule has 1 aliphatic rings. The molecule has 2 nitrogen and oxygen atoms in total. The lowest BCUT2D eigenvalue weighted by atomic mass is 10.2. The van der Waals surface area contributed by atoms with Crippen molar-refractivity contribution in [1.29, 1.82) is 0 Å². The molecule has 0 fully saturated rings. The van der Waals surface area contributed by atoms with Gasteiger partial charge in [-0.25, -0.2) is 4.39 Å². The highest BCUT2D eigenvalue weighted by molar-refractivity contribution is 9.09. The zero-order valence-corrected chi connectivity index (χ0v) is 8.38. The second-order valence-electron chi connectivity index (χ2n) is 2.77. The molecule has 1 atom stereocenters. The molecule has 0 bridgehead atoms. The first kappa shape index (κ1) is 8.81. The smallest absolute Gasteiger partial charge is 0.197 e. The molecule has 1 heterocycles. The van der Waals surface area contributed by atoms with Gasteiger partial charge >= 0.3 is 0 Å². The van der Waals surface area contributed by atoms with E-state index in [1.807, 2.05) is 0 Å². The molecule has 0 radical (unpaired) electrons. The molecule has 0 aromatic heterocycles. The Hall–Kier alpha value is -0.770. The molecule has 4 heteroatoms. The van der Waals surface area contributed by atoms with Crippen molar-refractivity contribution < 1.29 is 13.9 Å². The van der Waals surface area contributed by atoms with Crippen molar-refractivity contribution in [1.82, 2.24) is 0 Å². The molecule has 1 unspecified atom stereocenters. The van der Waals surface area contributed by atoms with Gasteiger partial charge in [0.05, 0.1) is 0 Å². The van der Waals surface area contributed by atoms with Crippen LogP contribution in [0.4, 0.5) is 4.39 Å². The number of hydrogen-bond donors (Lipinski definition) is 0. The van der Waals surface area contributed by atoms with Crippen LogP contribution in [0, 0.1) is 5.82 Å². The van der Waals surface area contributed by atoms with Crippen LogP contribution in [0.1, 0.15) is 0 Å². The van der Waals surface area contributed by atoms with Gasteiger partial charge in [-0.15, -0.1) is 0 Å². The maximum Gasteiger partial charge on any atom is 0.197 e. The van der Waals surface area contributed by atoms with Gasteiger partial charge in [-0.1, -0.05) is 22.0 Å². The van der Waals surface area contributed by atoms with Crippen LogP contribution in [0.25, 0.3) is 0 Å². The maximum atomic E-state index is 13.2. The fourth-order valence-corrected chi connectivity index (χ4v) is 1.50. The molecule has 0 N–H and O–H groups in total. The van der Waals surface area contributed by atoms with Crippen molar-refractivity contribution in [3.05, 3.63) is 24.0 Å². The SMILES string of the molecule is Fc1cccc2c1OC(CBr)CO2. The summed E-state index contributed by atoms with van der Waals surface area (Å²) in [7, 11) is 0. The van der Waals surface area contributed by atoms with Gasteiger partial charge in [0.1, 0.15) is 12.7 Å². The van der Waals surface area contributed by atoms with Crippen molar-refractivity contribution in [3.63, 3.8) is 0 Å². The summed E-state index contributed by atoms with van der Waals surface area (Å²) in [5.41, 5.74) is 0. The van der Waals surface area contributed by atoms with E-state index in [9.17, 15) is 4.39 Å². The molecule has 1 aromatic rings. The van der Waals surface area contributed by atoms with Crippen LogP contribution in [0.2, 0.25) is 0 Å². The zero-order chi connectivity index (χ0) is 9.26. The summed E-state index contributed by atoms with van der Waals surface area (Å²) in [4.78, 5) is 0. The average molecular weight is 247 g/mol. The normalized spacial score (nSPS) is 20.0. The van der Waals surface area contributed by atoms with E-state index in [1.165, 1.54) is 6.07 Å². The standard InChI is InChI=1S/C9H8BrFO2/c10-4-6-5-12-8-3-1-2-7(11)9(8)13-6/h1-3,6H,4-5H2. The Morgan fingerprint density at radius 2 is 2.38 bits per heavy atom. The number of hydrogen-bond acceptors (Lipinski definition) is 2. The van der Waals surface area contributed by atoms with Gasteiger partial charge in [0.25, 0.3) is 0 Å². The van der Waals surface area contributed by atoms with Gasteiger partial charge in [0.2, 0.25) is 0 Å². The minimum atomic E-state index is -0.372. The van der Waals surface area contributed by atoms with E-state index in [0.717, 1.165) is 0 Å². The Balaban J connectivity index is 2.32. The molecule has 0 saturated heterocycles. The topological polar surface area (TPSA) is 18.5 Å². The number of ether oxygens (including phenoxy) is 2. The number of halogens is 2. The molecule has 1 aliphatic heterocycles. The first-order valence-electron chi connectivity index (χ1n) is 3.95. The summed E-state index contributed by atoms with van der Waals surface area (Å²) in [6, 6.07) is 4.66. The van der Waals surface area contributed by atoms with Gasteiger partial charge in [-0.05, 0) is 12.1 Å². The van der Waals surface area contributed by atoms with E-state index < -0.39 is 0 Å². The van der Waals surface area contributed by atoms with Crippen molar-refractivity contribution in [2.45, 2.75) is 6.10 Å². The second-order valence-corrected chi connectivity index (χ2v) is 3.42. The lowest BCUT2D eigenvalue weighted by Gasteiger charge is -2.25. The fourth-order valence-electron chi connectivity index (χ4n) is 1.18. The van der Waals surface area contributed by atoms with Crippen LogP contribution in [0.3, 0.4) is 0 Å². The van der Waals surface area contributed by atoms with Crippen molar-refractivity contribution in [3.8, 4) is 11.5 Å². The summed E-state index contributed by atoms with van der Waals surface area (Å²) in [5.74, 6) is 0.332. The Labute approximate surface area is 83.8 Å². The third kappa shape index (κ3) is 1.63. The van der Waals surface area contributed by atoms with Gasteiger partial charge < -0.3 is 9.47 Å². The predicted molar refractivity (Wildman–Crippen MR) is 50.1 cm³/mol. The molecule has 2 rings (SSSR count). The third-order valence-corrected chi connectivity index (χ3v) is 2.53. The van der Waals surface area contributed by atoms with Crippen molar-refractivity contribution in [2.24, 2.45) is 0 Å². The first-order chi connectivity index (χ1) is 6.31. The highest BCUT2D eigenvalue weighted by Gasteiger charge is 2.22. The van der Waals surface area contributed by atoms with E-state index in [0.29, 0.717) is 17.7 Å². The summed E-state index contributed by atoms with van der Waals surface area (Å²) < 4.78 is 23.8. The molecule has 13 heavy (non-hydrogen) atoms. The second kappa shape index (κ2) is 3.54. The number of para-hydroxylation sites is 1. The summed E-state index contributed by atoms with van der Waals surface area (Å²) in [6.45, 7) is 0.460. The predicted octanol–water partition coefficient (Wildman–Crippen LogP) is 2.36. The fraction of sp³-hybridized carbons (Fsp3) is 0.333. The number of fused-ring (bicyclic) bond motifs is 1. The molecular weight excluding hydrogens is 239 g/mol. The quantitative estimate of drug-likeness (QED) is 0.709. The number of rotatable bonds is 1. The molecular formula is C9H8BrFO2. The minimum absolute atomic E-state index is 0.107. The van der Waals surface area contributed by atoms with E-state index in [2.05, 4.69) is 15.9 Å². The van der Waals surface area contributed by atoms with Crippen LogP contribution in [0.15, 0.2) is 18.2 Å². The van der Waals surface area contributed by atoms with E-state index >= 15 is 0 Å². The van der Waals surface area contributed by atoms with Gasteiger partial charge in [-0.3, -0.25) is 0 Å². The highest BCUT2D eigenvalue weighted by Crippen LogP contribution is 2.34. The van der Waals surface area contributed by atoms with Crippen molar-refractivity contribution >= 4 is 15.9 Å². The maximum absolute atomic E-state index is 13.2. The lowest BCUT2D eigenvalue weighted by molar-refractivity contribution is 0.102. The molecule has 0 amide bonds. The van der Waals surface area contributed by atoms with E-state index in [4.69, 9.17) is 9.47 Å². The Kier molecular flexibility index (Phi) is 2.40. The molecule has 0 aliphatic carbocycles. The monoisotopic (exact) mass is 246 g/mol. The summed E-state index contributed by atoms with van der Waals surface area (Å²) >= 11 is 3.26. The minimum Gasteiger partial charge on any atom is -0.486 e. The third-order valence-electron chi connectivity index (χ3n) is 1.81. The van der Waals surface area contributed by atoms with E-state index in [1.54, 1.807) is 12.1 Å². The molecule has 0 spiro atoms. The van der Waals surface area contributed by atoms with Crippen LogP contribution < -0.4 is 9.47 Å².